The number of hydrogen-bond donors (Lipinski definition) is 3. The average molecular weight is 493 g/mol. The molecule has 1 aromatic rings. The van der Waals surface area contributed by atoms with E-state index in [9.17, 15) is 4.79 Å². The SMILES string of the molecule is CN=C(NCCNC(=O)c1ccco1)NCC(C(C)C)N1CCOCC1.I. The molecule has 1 unspecified atom stereocenters. The molecule has 2 rings (SSSR count). The fraction of sp³-hybridized carbons (Fsp3) is 0.667. The number of aliphatic imine (C=N–C) groups is 1. The summed E-state index contributed by atoms with van der Waals surface area (Å²) in [5.74, 6) is 1.37. The van der Waals surface area contributed by atoms with Gasteiger partial charge in [-0.3, -0.25) is 14.7 Å². The molecule has 0 aliphatic carbocycles. The van der Waals surface area contributed by atoms with E-state index in [1.54, 1.807) is 19.2 Å². The Morgan fingerprint density at radius 1 is 1.22 bits per heavy atom. The summed E-state index contributed by atoms with van der Waals surface area (Å²) < 4.78 is 10.5. The first kappa shape index (κ1) is 23.7. The molecule has 1 aliphatic heterocycles. The van der Waals surface area contributed by atoms with Gasteiger partial charge in [0.1, 0.15) is 0 Å². The van der Waals surface area contributed by atoms with Gasteiger partial charge in [0.25, 0.3) is 5.91 Å². The third-order valence-corrected chi connectivity index (χ3v) is 4.43. The van der Waals surface area contributed by atoms with Gasteiger partial charge in [-0.2, -0.15) is 0 Å². The first-order valence-corrected chi connectivity index (χ1v) is 9.20. The molecule has 27 heavy (non-hydrogen) atoms. The van der Waals surface area contributed by atoms with Crippen molar-refractivity contribution in [1.29, 1.82) is 0 Å². The highest BCUT2D eigenvalue weighted by Crippen LogP contribution is 2.12. The van der Waals surface area contributed by atoms with Crippen LogP contribution in [-0.4, -0.2) is 75.8 Å². The Kier molecular flexibility index (Phi) is 11.4. The Bertz CT molecular complexity index is 559. The standard InChI is InChI=1S/C18H31N5O3.HI/c1-14(2)15(23-8-11-25-12-9-23)13-22-18(19-3)21-7-6-20-17(24)16-5-4-10-26-16;/h4-5,10,14-15H,6-9,11-13H2,1-3H3,(H,20,24)(H2,19,21,22);1H. The van der Waals surface area contributed by atoms with Gasteiger partial charge in [-0.25, -0.2) is 0 Å². The highest BCUT2D eigenvalue weighted by Gasteiger charge is 2.23. The van der Waals surface area contributed by atoms with Crippen molar-refractivity contribution in [3.8, 4) is 0 Å². The lowest BCUT2D eigenvalue weighted by Gasteiger charge is -2.37. The van der Waals surface area contributed by atoms with Crippen LogP contribution in [0.25, 0.3) is 0 Å². The Morgan fingerprint density at radius 2 is 1.93 bits per heavy atom. The summed E-state index contributed by atoms with van der Waals surface area (Å²) in [5, 5.41) is 9.41. The molecule has 154 valence electrons. The van der Waals surface area contributed by atoms with Crippen molar-refractivity contribution in [2.24, 2.45) is 10.9 Å². The molecular weight excluding hydrogens is 461 g/mol. The van der Waals surface area contributed by atoms with Gasteiger partial charge in [-0.15, -0.1) is 24.0 Å². The Balaban J connectivity index is 0.00000364. The van der Waals surface area contributed by atoms with Crippen molar-refractivity contribution >= 4 is 35.8 Å². The first-order chi connectivity index (χ1) is 12.6. The molecule has 1 aromatic heterocycles. The minimum atomic E-state index is -0.216. The lowest BCUT2D eigenvalue weighted by molar-refractivity contribution is 0.00752. The van der Waals surface area contributed by atoms with E-state index in [1.807, 2.05) is 0 Å². The number of morpholine rings is 1. The van der Waals surface area contributed by atoms with Crippen molar-refractivity contribution < 1.29 is 13.9 Å². The highest BCUT2D eigenvalue weighted by atomic mass is 127. The van der Waals surface area contributed by atoms with E-state index in [-0.39, 0.29) is 29.9 Å². The molecule has 1 fully saturated rings. The average Bonchev–Trinajstić information content (AvgIpc) is 3.19. The molecule has 1 amide bonds. The van der Waals surface area contributed by atoms with Crippen LogP contribution >= 0.6 is 24.0 Å². The Morgan fingerprint density at radius 3 is 2.52 bits per heavy atom. The molecule has 0 spiro atoms. The summed E-state index contributed by atoms with van der Waals surface area (Å²) in [6.45, 7) is 9.88. The molecule has 1 aliphatic rings. The van der Waals surface area contributed by atoms with Crippen LogP contribution in [0.2, 0.25) is 0 Å². The summed E-state index contributed by atoms with van der Waals surface area (Å²) in [4.78, 5) is 18.5. The molecule has 9 heteroatoms. The van der Waals surface area contributed by atoms with E-state index in [1.165, 1.54) is 6.26 Å². The molecule has 0 aromatic carbocycles. The van der Waals surface area contributed by atoms with Crippen LogP contribution < -0.4 is 16.0 Å². The number of nitrogens with one attached hydrogen (secondary N) is 3. The summed E-state index contributed by atoms with van der Waals surface area (Å²) in [5.41, 5.74) is 0. The molecular formula is C18H32IN5O3. The predicted molar refractivity (Wildman–Crippen MR) is 117 cm³/mol. The number of halogens is 1. The largest absolute Gasteiger partial charge is 0.459 e. The van der Waals surface area contributed by atoms with Crippen molar-refractivity contribution in [2.75, 3.05) is 53.0 Å². The van der Waals surface area contributed by atoms with Gasteiger partial charge in [0.2, 0.25) is 0 Å². The van der Waals surface area contributed by atoms with Crippen molar-refractivity contribution in [3.63, 3.8) is 0 Å². The lowest BCUT2D eigenvalue weighted by Crippen LogP contribution is -2.53. The van der Waals surface area contributed by atoms with E-state index in [4.69, 9.17) is 9.15 Å². The van der Waals surface area contributed by atoms with E-state index >= 15 is 0 Å². The number of hydrogen-bond acceptors (Lipinski definition) is 5. The van der Waals surface area contributed by atoms with Gasteiger partial charge >= 0.3 is 0 Å². The van der Waals surface area contributed by atoms with Crippen molar-refractivity contribution in [2.45, 2.75) is 19.9 Å². The Hall–Kier alpha value is -1.33. The first-order valence-electron chi connectivity index (χ1n) is 9.20. The number of furan rings is 1. The maximum absolute atomic E-state index is 11.8. The summed E-state index contributed by atoms with van der Waals surface area (Å²) >= 11 is 0. The lowest BCUT2D eigenvalue weighted by atomic mass is 10.0. The monoisotopic (exact) mass is 493 g/mol. The fourth-order valence-electron chi connectivity index (χ4n) is 2.97. The van der Waals surface area contributed by atoms with Crippen LogP contribution in [0.5, 0.6) is 0 Å². The zero-order chi connectivity index (χ0) is 18.8. The molecule has 2 heterocycles. The van der Waals surface area contributed by atoms with Gasteiger partial charge in [-0.1, -0.05) is 13.8 Å². The van der Waals surface area contributed by atoms with Gasteiger partial charge in [-0.05, 0) is 18.1 Å². The second-order valence-corrected chi connectivity index (χ2v) is 6.57. The number of amides is 1. The summed E-state index contributed by atoms with van der Waals surface area (Å²) in [6.07, 6.45) is 1.48. The quantitative estimate of drug-likeness (QED) is 0.218. The molecule has 0 bridgehead atoms. The normalized spacial score (nSPS) is 16.5. The molecule has 0 saturated carbocycles. The number of ether oxygens (including phenoxy) is 1. The van der Waals surface area contributed by atoms with E-state index < -0.39 is 0 Å². The summed E-state index contributed by atoms with van der Waals surface area (Å²) in [6, 6.07) is 3.76. The topological polar surface area (TPSA) is 91.1 Å². The highest BCUT2D eigenvalue weighted by molar-refractivity contribution is 14.0. The van der Waals surface area contributed by atoms with E-state index in [0.717, 1.165) is 38.8 Å². The maximum atomic E-state index is 11.8. The number of carbonyl (C=O) groups excluding carboxylic acids is 1. The van der Waals surface area contributed by atoms with Crippen molar-refractivity contribution in [1.82, 2.24) is 20.9 Å². The number of carbonyl (C=O) groups is 1. The van der Waals surface area contributed by atoms with E-state index in [2.05, 4.69) is 39.7 Å². The van der Waals surface area contributed by atoms with Gasteiger partial charge in [0, 0.05) is 45.8 Å². The van der Waals surface area contributed by atoms with Crippen LogP contribution in [0, 0.1) is 5.92 Å². The Labute approximate surface area is 178 Å². The zero-order valence-electron chi connectivity index (χ0n) is 16.4. The van der Waals surface area contributed by atoms with Gasteiger partial charge in [0.15, 0.2) is 11.7 Å². The van der Waals surface area contributed by atoms with Gasteiger partial charge < -0.3 is 25.1 Å². The molecule has 3 N–H and O–H groups in total. The second-order valence-electron chi connectivity index (χ2n) is 6.57. The van der Waals surface area contributed by atoms with Crippen LogP contribution in [0.1, 0.15) is 24.4 Å². The van der Waals surface area contributed by atoms with E-state index in [0.29, 0.717) is 30.8 Å². The van der Waals surface area contributed by atoms with Crippen LogP contribution in [-0.2, 0) is 4.74 Å². The number of rotatable bonds is 8. The number of guanidine groups is 1. The molecule has 8 nitrogen and oxygen atoms in total. The summed E-state index contributed by atoms with van der Waals surface area (Å²) in [7, 11) is 1.75. The molecule has 0 radical (unpaired) electrons. The minimum absolute atomic E-state index is 0. The number of nitrogens with zero attached hydrogens (tertiary/aromatic N) is 2. The van der Waals surface area contributed by atoms with Crippen LogP contribution in [0.3, 0.4) is 0 Å². The predicted octanol–water partition coefficient (Wildman–Crippen LogP) is 1.15. The minimum Gasteiger partial charge on any atom is -0.459 e. The van der Waals surface area contributed by atoms with Gasteiger partial charge in [0.05, 0.1) is 19.5 Å². The van der Waals surface area contributed by atoms with Crippen LogP contribution in [0.4, 0.5) is 0 Å². The zero-order valence-corrected chi connectivity index (χ0v) is 18.7. The smallest absolute Gasteiger partial charge is 0.287 e. The second kappa shape index (κ2) is 12.9. The maximum Gasteiger partial charge on any atom is 0.287 e. The third kappa shape index (κ3) is 8.06. The molecule has 1 saturated heterocycles. The fourth-order valence-corrected chi connectivity index (χ4v) is 2.97. The van der Waals surface area contributed by atoms with Crippen molar-refractivity contribution in [3.05, 3.63) is 24.2 Å². The third-order valence-electron chi connectivity index (χ3n) is 4.43. The van der Waals surface area contributed by atoms with Crippen LogP contribution in [0.15, 0.2) is 27.8 Å². The molecule has 1 atom stereocenters.